The first-order valence-electron chi connectivity index (χ1n) is 10.1. The lowest BCUT2D eigenvalue weighted by Gasteiger charge is -2.18. The van der Waals surface area contributed by atoms with Crippen molar-refractivity contribution in [1.29, 1.82) is 0 Å². The lowest BCUT2D eigenvalue weighted by Crippen LogP contribution is -2.26. The average Bonchev–Trinajstić information content (AvgIpc) is 3.52. The topological polar surface area (TPSA) is 185 Å². The molecular formula is C22H20N6O6. The fourth-order valence-electron chi connectivity index (χ4n) is 3.19. The molecule has 0 aliphatic carbocycles. The van der Waals surface area contributed by atoms with Crippen LogP contribution in [-0.4, -0.2) is 44.4 Å². The number of carbonyl (C=O) groups excluding carboxylic acids is 2. The van der Waals surface area contributed by atoms with Crippen molar-refractivity contribution in [3.8, 4) is 5.75 Å². The van der Waals surface area contributed by atoms with Crippen LogP contribution >= 0.6 is 0 Å². The van der Waals surface area contributed by atoms with E-state index in [-0.39, 0.29) is 41.3 Å². The second-order valence-electron chi connectivity index (χ2n) is 7.14. The summed E-state index contributed by atoms with van der Waals surface area (Å²) in [5.74, 6) is -1.31. The van der Waals surface area contributed by atoms with Gasteiger partial charge in [-0.3, -0.25) is 9.59 Å². The van der Waals surface area contributed by atoms with Crippen molar-refractivity contribution in [3.63, 3.8) is 0 Å². The van der Waals surface area contributed by atoms with Gasteiger partial charge in [0.1, 0.15) is 23.2 Å². The van der Waals surface area contributed by atoms with Crippen molar-refractivity contribution >= 4 is 34.5 Å². The number of benzene rings is 1. The number of carbonyl (C=O) groups is 3. The maximum Gasteiger partial charge on any atom is 0.339 e. The SMILES string of the molecule is NCc1ccoc1.O=C1COc2ccc(CNC(=O)c3ncnc4c(C(=O)O)c[nH]c34)cc2N1. The number of aromatic carboxylic acids is 1. The lowest BCUT2D eigenvalue weighted by atomic mass is 10.1. The third-order valence-electron chi connectivity index (χ3n) is 4.85. The Morgan fingerprint density at radius 2 is 2.06 bits per heavy atom. The Hall–Kier alpha value is -4.71. The minimum atomic E-state index is -1.15. The number of carboxylic acids is 1. The van der Waals surface area contributed by atoms with Crippen molar-refractivity contribution in [2.24, 2.45) is 5.73 Å². The molecule has 6 N–H and O–H groups in total. The molecular weight excluding hydrogens is 444 g/mol. The van der Waals surface area contributed by atoms with Crippen LogP contribution in [0.3, 0.4) is 0 Å². The molecule has 1 aromatic carbocycles. The Morgan fingerprint density at radius 1 is 1.21 bits per heavy atom. The first-order chi connectivity index (χ1) is 16.5. The van der Waals surface area contributed by atoms with E-state index < -0.39 is 11.9 Å². The normalized spacial score (nSPS) is 12.1. The molecule has 0 unspecified atom stereocenters. The minimum Gasteiger partial charge on any atom is -0.482 e. The molecule has 0 saturated heterocycles. The molecule has 0 fully saturated rings. The van der Waals surface area contributed by atoms with Gasteiger partial charge in [-0.05, 0) is 23.8 Å². The van der Waals surface area contributed by atoms with Crippen molar-refractivity contribution in [2.75, 3.05) is 11.9 Å². The van der Waals surface area contributed by atoms with E-state index >= 15 is 0 Å². The van der Waals surface area contributed by atoms with E-state index in [9.17, 15) is 14.4 Å². The Morgan fingerprint density at radius 3 is 2.76 bits per heavy atom. The third kappa shape index (κ3) is 4.86. The van der Waals surface area contributed by atoms with Crippen LogP contribution in [0.1, 0.15) is 32.0 Å². The van der Waals surface area contributed by atoms with Gasteiger partial charge in [0.15, 0.2) is 12.3 Å². The lowest BCUT2D eigenvalue weighted by molar-refractivity contribution is -0.118. The molecule has 5 rings (SSSR count). The molecule has 174 valence electrons. The van der Waals surface area contributed by atoms with Crippen LogP contribution in [0.2, 0.25) is 0 Å². The fourth-order valence-corrected chi connectivity index (χ4v) is 3.19. The molecule has 4 heterocycles. The highest BCUT2D eigenvalue weighted by molar-refractivity contribution is 6.08. The summed E-state index contributed by atoms with van der Waals surface area (Å²) < 4.78 is 10.0. The molecule has 3 aromatic heterocycles. The van der Waals surface area contributed by atoms with Crippen molar-refractivity contribution in [1.82, 2.24) is 20.3 Å². The predicted molar refractivity (Wildman–Crippen MR) is 119 cm³/mol. The van der Waals surface area contributed by atoms with Gasteiger partial charge in [0.05, 0.1) is 23.7 Å². The molecule has 0 saturated carbocycles. The highest BCUT2D eigenvalue weighted by Crippen LogP contribution is 2.28. The first kappa shape index (κ1) is 22.5. The number of hydrogen-bond donors (Lipinski definition) is 5. The van der Waals surface area contributed by atoms with Crippen LogP contribution in [-0.2, 0) is 17.9 Å². The van der Waals surface area contributed by atoms with E-state index in [1.165, 1.54) is 6.20 Å². The molecule has 1 aliphatic rings. The maximum atomic E-state index is 12.5. The van der Waals surface area contributed by atoms with Gasteiger partial charge in [-0.25, -0.2) is 14.8 Å². The predicted octanol–water partition coefficient (Wildman–Crippen LogP) is 1.66. The van der Waals surface area contributed by atoms with Gasteiger partial charge in [-0.15, -0.1) is 0 Å². The van der Waals surface area contributed by atoms with Gasteiger partial charge in [-0.2, -0.15) is 0 Å². The number of hydrogen-bond acceptors (Lipinski definition) is 8. The Balaban J connectivity index is 0.000000336. The Labute approximate surface area is 192 Å². The quantitative estimate of drug-likeness (QED) is 0.293. The number of fused-ring (bicyclic) bond motifs is 2. The Bertz CT molecular complexity index is 1350. The maximum absolute atomic E-state index is 12.5. The van der Waals surface area contributed by atoms with Gasteiger partial charge in [0.2, 0.25) is 0 Å². The zero-order chi connectivity index (χ0) is 24.1. The second kappa shape index (κ2) is 9.83. The third-order valence-corrected chi connectivity index (χ3v) is 4.85. The van der Waals surface area contributed by atoms with E-state index in [2.05, 4.69) is 25.6 Å². The molecule has 1 aliphatic heterocycles. The minimum absolute atomic E-state index is 0.0265. The summed E-state index contributed by atoms with van der Waals surface area (Å²) in [6, 6.07) is 7.03. The molecule has 12 heteroatoms. The van der Waals surface area contributed by atoms with Crippen LogP contribution in [0.5, 0.6) is 5.75 Å². The summed E-state index contributed by atoms with van der Waals surface area (Å²) in [4.78, 5) is 45.7. The monoisotopic (exact) mass is 464 g/mol. The summed E-state index contributed by atoms with van der Waals surface area (Å²) in [5.41, 5.74) is 7.98. The van der Waals surface area contributed by atoms with Crippen molar-refractivity contribution < 1.29 is 28.6 Å². The number of nitrogens with two attached hydrogens (primary N) is 1. The van der Waals surface area contributed by atoms with Crippen LogP contribution < -0.4 is 21.1 Å². The molecule has 34 heavy (non-hydrogen) atoms. The number of nitrogens with one attached hydrogen (secondary N) is 3. The molecule has 0 atom stereocenters. The van der Waals surface area contributed by atoms with Crippen molar-refractivity contribution in [2.45, 2.75) is 13.1 Å². The van der Waals surface area contributed by atoms with E-state index in [1.807, 2.05) is 6.07 Å². The largest absolute Gasteiger partial charge is 0.482 e. The summed E-state index contributed by atoms with van der Waals surface area (Å²) in [5, 5.41) is 14.6. The highest BCUT2D eigenvalue weighted by Gasteiger charge is 2.20. The van der Waals surface area contributed by atoms with E-state index in [4.69, 9.17) is 20.0 Å². The molecule has 0 spiro atoms. The number of carboxylic acid groups (broad SMARTS) is 1. The average molecular weight is 464 g/mol. The van der Waals surface area contributed by atoms with Gasteiger partial charge < -0.3 is 35.6 Å². The summed E-state index contributed by atoms with van der Waals surface area (Å²) in [7, 11) is 0. The molecule has 2 amide bonds. The molecule has 0 radical (unpaired) electrons. The summed E-state index contributed by atoms with van der Waals surface area (Å²) in [6.07, 6.45) is 5.66. The molecule has 4 aromatic rings. The zero-order valence-electron chi connectivity index (χ0n) is 17.7. The van der Waals surface area contributed by atoms with Gasteiger partial charge in [0, 0.05) is 24.8 Å². The summed E-state index contributed by atoms with van der Waals surface area (Å²) in [6.45, 7) is 0.720. The number of furan rings is 1. The van der Waals surface area contributed by atoms with E-state index in [0.717, 1.165) is 17.5 Å². The Kier molecular flexibility index (Phi) is 6.50. The van der Waals surface area contributed by atoms with Crippen LogP contribution in [0, 0.1) is 0 Å². The molecule has 0 bridgehead atoms. The number of H-pyrrole nitrogens is 1. The highest BCUT2D eigenvalue weighted by atomic mass is 16.5. The number of rotatable bonds is 5. The smallest absolute Gasteiger partial charge is 0.339 e. The molecule has 12 nitrogen and oxygen atoms in total. The van der Waals surface area contributed by atoms with Crippen LogP contribution in [0.4, 0.5) is 5.69 Å². The first-order valence-corrected chi connectivity index (χ1v) is 10.1. The summed E-state index contributed by atoms with van der Waals surface area (Å²) >= 11 is 0. The number of anilines is 1. The van der Waals surface area contributed by atoms with E-state index in [0.29, 0.717) is 18.0 Å². The number of nitrogens with zero attached hydrogens (tertiary/aromatic N) is 2. The van der Waals surface area contributed by atoms with Crippen LogP contribution in [0.25, 0.3) is 11.0 Å². The van der Waals surface area contributed by atoms with Crippen LogP contribution in [0.15, 0.2) is 53.7 Å². The zero-order valence-corrected chi connectivity index (χ0v) is 17.7. The second-order valence-corrected chi connectivity index (χ2v) is 7.14. The van der Waals surface area contributed by atoms with Gasteiger partial charge in [0.25, 0.3) is 11.8 Å². The van der Waals surface area contributed by atoms with Gasteiger partial charge >= 0.3 is 5.97 Å². The fraction of sp³-hybridized carbons (Fsp3) is 0.136. The number of ether oxygens (including phenoxy) is 1. The standard InChI is InChI=1S/C17H13N5O5.C5H7NO/c23-12-6-27-11-2-1-8(3-10(11)22-12)4-19-16(24)15-14-13(20-7-21-15)9(5-18-14)17(25)26;6-3-5-1-2-7-4-5/h1-3,5,7,18H,4,6H2,(H,19,24)(H,22,23)(H,25,26);1-2,4H,3,6H2. The van der Waals surface area contributed by atoms with Gasteiger partial charge in [-0.1, -0.05) is 6.07 Å². The number of amides is 2. The number of aromatic amines is 1. The van der Waals surface area contributed by atoms with Crippen molar-refractivity contribution in [3.05, 3.63) is 71.7 Å². The van der Waals surface area contributed by atoms with E-state index in [1.54, 1.807) is 30.7 Å². The number of aromatic nitrogens is 3.